The van der Waals surface area contributed by atoms with Crippen LogP contribution in [0.15, 0.2) is 23.1 Å². The molecule has 11 nitrogen and oxygen atoms in total. The second kappa shape index (κ2) is 19.7. The number of methoxy groups -OCH3 is 3. The number of hydrogen-bond donors (Lipinski definition) is 0. The average Bonchev–Trinajstić information content (AvgIpc) is 3.56. The maximum atomic E-state index is 13.6. The van der Waals surface area contributed by atoms with Crippen LogP contribution in [-0.2, 0) is 37.4 Å². The molecule has 51 heavy (non-hydrogen) atoms. The lowest BCUT2D eigenvalue weighted by Crippen LogP contribution is -2.47. The molecule has 1 aliphatic heterocycles. The van der Waals surface area contributed by atoms with Gasteiger partial charge >= 0.3 is 7.60 Å². The van der Waals surface area contributed by atoms with Gasteiger partial charge < -0.3 is 41.9 Å². The fraction of sp³-hybridized carbons (Fsp3) is 0.718. The van der Waals surface area contributed by atoms with Crippen molar-refractivity contribution in [1.29, 1.82) is 0 Å². The SMILES string of the molecule is C=C[C@@H](C)CC[C@H]1O[C@@H](c2c(OCOC)c(OC)c(C)c3oc([C@@H](C)C[C@H](C)C(=O)C(C)P(=O)(OCC)OCC)cc23)[C@H](C)[C@@H](OCOC)[C@H]1C. The number of carbonyl (C=O) groups excluding carboxylic acids is 1. The molecule has 1 aliphatic rings. The summed E-state index contributed by atoms with van der Waals surface area (Å²) in [7, 11) is 1.21. The molecule has 3 rings (SSSR count). The summed E-state index contributed by atoms with van der Waals surface area (Å²) in [5.74, 6) is 1.31. The number of rotatable bonds is 22. The number of aryl methyl sites for hydroxylation is 1. The van der Waals surface area contributed by atoms with Crippen LogP contribution in [0.5, 0.6) is 11.5 Å². The van der Waals surface area contributed by atoms with Crippen molar-refractivity contribution in [1.82, 2.24) is 0 Å². The van der Waals surface area contributed by atoms with Gasteiger partial charge in [0.15, 0.2) is 24.1 Å². The van der Waals surface area contributed by atoms with Crippen LogP contribution in [0.1, 0.15) is 104 Å². The Morgan fingerprint density at radius 1 is 1.00 bits per heavy atom. The molecule has 290 valence electrons. The number of ketones is 1. The molecule has 2 heterocycles. The minimum atomic E-state index is -3.60. The van der Waals surface area contributed by atoms with E-state index in [1.807, 2.05) is 32.9 Å². The van der Waals surface area contributed by atoms with Gasteiger partial charge in [-0.1, -0.05) is 40.7 Å². The van der Waals surface area contributed by atoms with Gasteiger partial charge in [-0.25, -0.2) is 0 Å². The van der Waals surface area contributed by atoms with Crippen molar-refractivity contribution >= 4 is 24.3 Å². The first kappa shape index (κ1) is 43.2. The van der Waals surface area contributed by atoms with Gasteiger partial charge in [0.1, 0.15) is 23.8 Å². The van der Waals surface area contributed by atoms with E-state index in [9.17, 15) is 9.36 Å². The van der Waals surface area contributed by atoms with E-state index < -0.39 is 25.3 Å². The van der Waals surface area contributed by atoms with Crippen molar-refractivity contribution in [3.8, 4) is 11.5 Å². The Bertz CT molecular complexity index is 1460. The lowest BCUT2D eigenvalue weighted by molar-refractivity contribution is -0.207. The van der Waals surface area contributed by atoms with Crippen LogP contribution >= 0.6 is 7.60 Å². The zero-order chi connectivity index (χ0) is 38.0. The zero-order valence-electron chi connectivity index (χ0n) is 32.9. The quantitative estimate of drug-likeness (QED) is 0.0653. The Balaban J connectivity index is 2.13. The van der Waals surface area contributed by atoms with Gasteiger partial charge in [0.2, 0.25) is 0 Å². The van der Waals surface area contributed by atoms with Crippen molar-refractivity contribution < 1.29 is 51.2 Å². The normalized spacial score (nSPS) is 23.5. The molecule has 0 aliphatic carbocycles. The molecule has 0 bridgehead atoms. The van der Waals surface area contributed by atoms with E-state index in [0.717, 1.165) is 29.4 Å². The molecule has 12 heteroatoms. The topological polar surface area (TPSA) is 121 Å². The van der Waals surface area contributed by atoms with Crippen molar-refractivity contribution in [2.45, 2.75) is 111 Å². The predicted molar refractivity (Wildman–Crippen MR) is 199 cm³/mol. The molecule has 1 unspecified atom stereocenters. The number of allylic oxidation sites excluding steroid dienone is 1. The first-order chi connectivity index (χ1) is 24.2. The molecule has 1 aromatic carbocycles. The smallest absolute Gasteiger partial charge is 0.340 e. The fourth-order valence-corrected chi connectivity index (χ4v) is 9.15. The van der Waals surface area contributed by atoms with Crippen LogP contribution < -0.4 is 9.47 Å². The molecule has 9 atom stereocenters. The Morgan fingerprint density at radius 2 is 1.65 bits per heavy atom. The highest BCUT2D eigenvalue weighted by Gasteiger charge is 2.45. The van der Waals surface area contributed by atoms with Crippen LogP contribution in [0.25, 0.3) is 11.0 Å². The molecule has 1 aromatic heterocycles. The van der Waals surface area contributed by atoms with Crippen molar-refractivity contribution in [2.24, 2.45) is 23.7 Å². The molecule has 0 spiro atoms. The second-order valence-electron chi connectivity index (χ2n) is 14.0. The zero-order valence-corrected chi connectivity index (χ0v) is 33.8. The van der Waals surface area contributed by atoms with Crippen LogP contribution in [0, 0.1) is 30.6 Å². The average molecular weight is 739 g/mol. The highest BCUT2D eigenvalue weighted by Crippen LogP contribution is 2.55. The molecule has 0 saturated carbocycles. The third kappa shape index (κ3) is 9.85. The van der Waals surface area contributed by atoms with Crippen molar-refractivity contribution in [2.75, 3.05) is 48.1 Å². The number of Topliss-reactive ketones (excluding diaryl/α,β-unsaturated/α-hetero) is 1. The monoisotopic (exact) mass is 738 g/mol. The molecule has 0 radical (unpaired) electrons. The second-order valence-corrected chi connectivity index (χ2v) is 16.3. The number of carbonyl (C=O) groups is 1. The number of benzene rings is 1. The number of furan rings is 1. The number of ether oxygens (including phenoxy) is 6. The number of fused-ring (bicyclic) bond motifs is 1. The van der Waals surface area contributed by atoms with Gasteiger partial charge in [-0.2, -0.15) is 0 Å². The largest absolute Gasteiger partial charge is 0.492 e. The first-order valence-electron chi connectivity index (χ1n) is 18.3. The molecular weight excluding hydrogens is 675 g/mol. The fourth-order valence-electron chi connectivity index (χ4n) is 7.35. The van der Waals surface area contributed by atoms with Gasteiger partial charge in [0.25, 0.3) is 0 Å². The maximum absolute atomic E-state index is 13.6. The van der Waals surface area contributed by atoms with E-state index in [1.165, 1.54) is 0 Å². The van der Waals surface area contributed by atoms with E-state index >= 15 is 0 Å². The third-order valence-electron chi connectivity index (χ3n) is 10.3. The summed E-state index contributed by atoms with van der Waals surface area (Å²) in [6.45, 7) is 21.9. The van der Waals surface area contributed by atoms with Gasteiger partial charge in [-0.15, -0.1) is 6.58 Å². The minimum absolute atomic E-state index is 0.00195. The van der Waals surface area contributed by atoms with E-state index in [1.54, 1.807) is 42.1 Å². The Kier molecular flexibility index (Phi) is 16.7. The summed E-state index contributed by atoms with van der Waals surface area (Å²) in [5, 5.41) is 0.834. The summed E-state index contributed by atoms with van der Waals surface area (Å²) in [6, 6.07) is 2.03. The Labute approximate surface area is 305 Å². The maximum Gasteiger partial charge on any atom is 0.340 e. The van der Waals surface area contributed by atoms with Crippen molar-refractivity contribution in [3.05, 3.63) is 35.6 Å². The Morgan fingerprint density at radius 3 is 2.22 bits per heavy atom. The van der Waals surface area contributed by atoms with Gasteiger partial charge in [-0.05, 0) is 58.9 Å². The van der Waals surface area contributed by atoms with Gasteiger partial charge in [0.05, 0.1) is 38.6 Å². The molecular formula is C39H63O11P. The van der Waals surface area contributed by atoms with Crippen molar-refractivity contribution in [3.63, 3.8) is 0 Å². The lowest BCUT2D eigenvalue weighted by atomic mass is 9.77. The summed E-state index contributed by atoms with van der Waals surface area (Å²) in [6.07, 6.45) is 3.43. The molecule has 0 N–H and O–H groups in total. The first-order valence-corrected chi connectivity index (χ1v) is 19.9. The minimum Gasteiger partial charge on any atom is -0.492 e. The summed E-state index contributed by atoms with van der Waals surface area (Å²) >= 11 is 0. The van der Waals surface area contributed by atoms with E-state index in [0.29, 0.717) is 35.2 Å². The summed E-state index contributed by atoms with van der Waals surface area (Å²) in [5.41, 5.74) is 1.33. The number of hydrogen-bond acceptors (Lipinski definition) is 11. The molecule has 0 amide bonds. The van der Waals surface area contributed by atoms with Crippen LogP contribution in [0.3, 0.4) is 0 Å². The molecule has 2 aromatic rings. The van der Waals surface area contributed by atoms with E-state index in [2.05, 4.69) is 27.4 Å². The third-order valence-corrected chi connectivity index (χ3v) is 12.7. The van der Waals surface area contributed by atoms with Crippen LogP contribution in [-0.4, -0.2) is 71.8 Å². The standard InChI is InChI=1S/C39H63O11P/c1-14-23(4)17-18-31-26(7)35(45-21-42-11)27(8)37(49-31)33-30-20-32(50-36(30)28(9)38(44-13)39(33)46-22-43-12)24(5)19-25(6)34(40)29(10)51(41,47-15-2)48-16-3/h14,20,23-27,29,31,35,37H,1,15-19,21-22H2,2-13H3/t23-,24+,25+,26+,27-,29?,31-,35+,37-/m1/s1. The van der Waals surface area contributed by atoms with E-state index in [-0.39, 0.29) is 62.5 Å². The summed E-state index contributed by atoms with van der Waals surface area (Å²) in [4.78, 5) is 13.6. The van der Waals surface area contributed by atoms with Crippen LogP contribution in [0.4, 0.5) is 0 Å². The molecule has 1 fully saturated rings. The highest BCUT2D eigenvalue weighted by atomic mass is 31.2. The lowest BCUT2D eigenvalue weighted by Gasteiger charge is -2.45. The predicted octanol–water partition coefficient (Wildman–Crippen LogP) is 9.39. The van der Waals surface area contributed by atoms with Gasteiger partial charge in [-0.3, -0.25) is 9.36 Å². The molecule has 1 saturated heterocycles. The van der Waals surface area contributed by atoms with E-state index in [4.69, 9.17) is 41.9 Å². The Hall–Kier alpha value is -2.24. The summed E-state index contributed by atoms with van der Waals surface area (Å²) < 4.78 is 67.5. The highest BCUT2D eigenvalue weighted by molar-refractivity contribution is 7.55. The van der Waals surface area contributed by atoms with Crippen LogP contribution in [0.2, 0.25) is 0 Å². The van der Waals surface area contributed by atoms with Gasteiger partial charge in [0, 0.05) is 54.4 Å².